The van der Waals surface area contributed by atoms with Crippen molar-refractivity contribution in [2.45, 2.75) is 0 Å². The molecule has 0 spiro atoms. The molecular weight excluding hydrogens is 227 g/mol. The Morgan fingerprint density at radius 1 is 1.64 bits per heavy atom. The molecule has 2 nitrogen and oxygen atoms in total. The van der Waals surface area contributed by atoms with Crippen molar-refractivity contribution in [3.05, 3.63) is 22.0 Å². The molecule has 0 aliphatic rings. The van der Waals surface area contributed by atoms with Crippen LogP contribution in [-0.2, 0) is 0 Å². The number of carboxylic acid groups (broad SMARTS) is 1. The summed E-state index contributed by atoms with van der Waals surface area (Å²) in [5.74, 6) is -0.770. The van der Waals surface area contributed by atoms with Crippen LogP contribution in [0.4, 0.5) is 0 Å². The molecule has 2 aromatic heterocycles. The third kappa shape index (κ3) is 1.13. The fourth-order valence-corrected chi connectivity index (χ4v) is 4.15. The van der Waals surface area contributed by atoms with Crippen molar-refractivity contribution < 1.29 is 9.90 Å². The molecule has 0 bridgehead atoms. The van der Waals surface area contributed by atoms with Crippen molar-refractivity contribution in [1.82, 2.24) is 0 Å². The summed E-state index contributed by atoms with van der Waals surface area (Å²) >= 11 is 1.70. The number of hydrogen-bond donors (Lipinski definition) is 1. The van der Waals surface area contributed by atoms with Crippen LogP contribution in [0.3, 0.4) is 0 Å². The maximum atomic E-state index is 10.5. The molecule has 0 aromatic carbocycles. The summed E-state index contributed by atoms with van der Waals surface area (Å²) in [4.78, 5) is 10.5. The summed E-state index contributed by atoms with van der Waals surface area (Å²) in [5, 5.41) is 11.8. The first-order valence-electron chi connectivity index (χ1n) is 2.98. The average Bonchev–Trinajstić information content (AvgIpc) is 2.40. The van der Waals surface area contributed by atoms with Gasteiger partial charge in [0.15, 0.2) is 0 Å². The maximum absolute atomic E-state index is 10.5. The molecule has 0 saturated carbocycles. The van der Waals surface area contributed by atoms with E-state index in [1.807, 2.05) is 11.4 Å². The first-order chi connectivity index (χ1) is 5.27. The van der Waals surface area contributed by atoms with Crippen LogP contribution in [0.2, 0.25) is 0 Å². The van der Waals surface area contributed by atoms with Crippen molar-refractivity contribution in [1.29, 1.82) is 0 Å². The number of carboxylic acids is 1. The Labute approximate surface area is 72.8 Å². The first kappa shape index (κ1) is 7.10. The quantitative estimate of drug-likeness (QED) is 0.758. The van der Waals surface area contributed by atoms with E-state index >= 15 is 0 Å². The van der Waals surface area contributed by atoms with Crippen molar-refractivity contribution in [3.63, 3.8) is 0 Å². The third-order valence-corrected chi connectivity index (χ3v) is 5.08. The van der Waals surface area contributed by atoms with E-state index in [9.17, 15) is 4.79 Å². The molecule has 11 heavy (non-hydrogen) atoms. The fourth-order valence-electron chi connectivity index (χ4n) is 0.871. The van der Waals surface area contributed by atoms with Crippen molar-refractivity contribution in [3.8, 4) is 0 Å². The normalized spacial score (nSPS) is 10.5. The molecule has 2 rings (SSSR count). The summed E-state index contributed by atoms with van der Waals surface area (Å²) in [6.45, 7) is 0. The van der Waals surface area contributed by atoms with Gasteiger partial charge < -0.3 is 0 Å². The fraction of sp³-hybridized carbons (Fsp3) is 0. The molecule has 0 aliphatic heterocycles. The van der Waals surface area contributed by atoms with E-state index < -0.39 is 5.97 Å². The Bertz CT molecular complexity index is 373. The third-order valence-electron chi connectivity index (χ3n) is 1.36. The minimum absolute atomic E-state index is 0.0509. The van der Waals surface area contributed by atoms with Gasteiger partial charge >= 0.3 is 72.6 Å². The van der Waals surface area contributed by atoms with Gasteiger partial charge in [-0.15, -0.1) is 0 Å². The number of fused-ring (bicyclic) bond motifs is 1. The monoisotopic (exact) mass is 232 g/mol. The predicted molar refractivity (Wildman–Crippen MR) is 45.7 cm³/mol. The van der Waals surface area contributed by atoms with Gasteiger partial charge in [0.1, 0.15) is 0 Å². The molecule has 0 radical (unpaired) electrons. The molecule has 1 N–H and O–H groups in total. The number of aromatic carboxylic acids is 1. The van der Waals surface area contributed by atoms with Crippen LogP contribution in [0, 0.1) is 0 Å². The van der Waals surface area contributed by atoms with Crippen LogP contribution in [-0.4, -0.2) is 25.6 Å². The first-order valence-corrected chi connectivity index (χ1v) is 5.57. The van der Waals surface area contributed by atoms with Gasteiger partial charge in [0, 0.05) is 0 Å². The zero-order valence-corrected chi connectivity index (χ0v) is 7.93. The number of rotatable bonds is 1. The molecule has 56 valence electrons. The summed E-state index contributed by atoms with van der Waals surface area (Å²) in [6, 6.07) is 3.74. The zero-order valence-electron chi connectivity index (χ0n) is 5.40. The molecule has 0 fully saturated rings. The van der Waals surface area contributed by atoms with E-state index in [1.165, 1.54) is 3.57 Å². The summed E-state index contributed by atoms with van der Waals surface area (Å²) in [7, 11) is 0. The van der Waals surface area contributed by atoms with Crippen LogP contribution in [0.15, 0.2) is 17.5 Å². The van der Waals surface area contributed by atoms with E-state index in [0.29, 0.717) is 4.44 Å². The Balaban J connectivity index is 2.67. The number of hydrogen-bond acceptors (Lipinski definition) is 2. The van der Waals surface area contributed by atoms with Gasteiger partial charge in [-0.2, -0.15) is 0 Å². The van der Waals surface area contributed by atoms with Crippen LogP contribution >= 0.6 is 11.3 Å². The number of thiophene rings is 1. The van der Waals surface area contributed by atoms with Crippen LogP contribution in [0.5, 0.6) is 0 Å². The summed E-state index contributed by atoms with van der Waals surface area (Å²) < 4.78 is 1.80. The molecule has 2 heterocycles. The number of carbonyl (C=O) groups is 1. The zero-order chi connectivity index (χ0) is 7.84. The van der Waals surface area contributed by atoms with Crippen LogP contribution in [0.1, 0.15) is 9.23 Å². The Hall–Kier alpha value is -0.571. The second-order valence-corrected chi connectivity index (χ2v) is 5.79. The average molecular weight is 231 g/mol. The molecule has 0 amide bonds. The predicted octanol–water partition coefficient (Wildman–Crippen LogP) is 1.66. The van der Waals surface area contributed by atoms with Gasteiger partial charge in [0.2, 0.25) is 0 Å². The molecule has 0 aliphatic carbocycles. The van der Waals surface area contributed by atoms with E-state index in [1.54, 1.807) is 17.4 Å². The molecule has 0 atom stereocenters. The Kier molecular flexibility index (Phi) is 1.60. The van der Waals surface area contributed by atoms with Crippen molar-refractivity contribution in [2.24, 2.45) is 0 Å². The van der Waals surface area contributed by atoms with Gasteiger partial charge in [0.05, 0.1) is 0 Å². The Morgan fingerprint density at radius 2 is 2.45 bits per heavy atom. The molecule has 0 saturated heterocycles. The molecular formula is C7H4O2SSe. The van der Waals surface area contributed by atoms with E-state index in [0.717, 1.165) is 5.39 Å². The summed E-state index contributed by atoms with van der Waals surface area (Å²) in [5.41, 5.74) is 0. The standard InChI is InChI=1S/C7H4O2SSe/c8-6(9)5-3-4-1-2-10-7(4)11-5/h1-3H,(H,8,9). The van der Waals surface area contributed by atoms with E-state index in [4.69, 9.17) is 5.11 Å². The van der Waals surface area contributed by atoms with Crippen molar-refractivity contribution >= 4 is 40.8 Å². The summed E-state index contributed by atoms with van der Waals surface area (Å²) in [6.07, 6.45) is 0. The molecule has 0 unspecified atom stereocenters. The Morgan fingerprint density at radius 3 is 3.09 bits per heavy atom. The van der Waals surface area contributed by atoms with E-state index in [-0.39, 0.29) is 14.5 Å². The van der Waals surface area contributed by atoms with E-state index in [2.05, 4.69) is 0 Å². The van der Waals surface area contributed by atoms with Gasteiger partial charge in [-0.1, -0.05) is 0 Å². The minimum atomic E-state index is -0.770. The topological polar surface area (TPSA) is 37.3 Å². The second-order valence-electron chi connectivity index (χ2n) is 2.08. The molecule has 2 aromatic rings. The van der Waals surface area contributed by atoms with Gasteiger partial charge in [0.25, 0.3) is 0 Å². The van der Waals surface area contributed by atoms with Gasteiger partial charge in [-0.25, -0.2) is 0 Å². The SMILES string of the molecule is O=C(O)c1cc2ccsc2[se]1. The second kappa shape index (κ2) is 2.48. The van der Waals surface area contributed by atoms with Gasteiger partial charge in [-0.05, 0) is 0 Å². The van der Waals surface area contributed by atoms with Gasteiger partial charge in [-0.3, -0.25) is 0 Å². The van der Waals surface area contributed by atoms with Crippen LogP contribution < -0.4 is 0 Å². The van der Waals surface area contributed by atoms with Crippen LogP contribution in [0.25, 0.3) is 8.96 Å². The van der Waals surface area contributed by atoms with Crippen molar-refractivity contribution in [2.75, 3.05) is 0 Å². The molecule has 4 heteroatoms.